The molecule has 49 heavy (non-hydrogen) atoms. The van der Waals surface area contributed by atoms with Crippen molar-refractivity contribution in [1.82, 2.24) is 0 Å². The predicted molar refractivity (Wildman–Crippen MR) is 155 cm³/mol. The molecule has 0 spiro atoms. The summed E-state index contributed by atoms with van der Waals surface area (Å²) >= 11 is 0. The number of nitrogens with zero attached hydrogens (tertiary/aromatic N) is 5. The number of nitro benzene ring substituents is 1. The van der Waals surface area contributed by atoms with Gasteiger partial charge in [-0.3, -0.25) is 10.1 Å². The van der Waals surface area contributed by atoms with E-state index in [0.29, 0.717) is 11.8 Å². The molecule has 0 saturated carbocycles. The SMILES string of the molecule is O=[N+]([O-])c1ccc(/C=C/c2ccc([N+]([O-])=Nc3ccc(N=Nc4ccc(S(=O)(=O)[O-])cc4)cc3)cc2S(=O)(=O)[O-])c(S(=O)(=O)[O-])c1.[Na+].[Na+].[Na+]. The molecule has 4 rings (SSSR count). The Morgan fingerprint density at radius 3 is 1.33 bits per heavy atom. The van der Waals surface area contributed by atoms with Crippen molar-refractivity contribution in [2.24, 2.45) is 15.3 Å². The molecule has 0 aliphatic heterocycles. The third-order valence-electron chi connectivity index (χ3n) is 5.87. The Morgan fingerprint density at radius 1 is 0.531 bits per heavy atom. The second-order valence-electron chi connectivity index (χ2n) is 8.98. The fourth-order valence-corrected chi connectivity index (χ4v) is 5.56. The van der Waals surface area contributed by atoms with E-state index in [1.54, 1.807) is 0 Å². The summed E-state index contributed by atoms with van der Waals surface area (Å²) in [6, 6.07) is 15.5. The van der Waals surface area contributed by atoms with Gasteiger partial charge in [0.15, 0.2) is 0 Å². The molecule has 0 fully saturated rings. The Bertz CT molecular complexity index is 2270. The summed E-state index contributed by atoms with van der Waals surface area (Å²) in [7, 11) is -15.0. The fraction of sp³-hybridized carbons (Fsp3) is 0. The van der Waals surface area contributed by atoms with Crippen LogP contribution < -0.4 is 88.7 Å². The van der Waals surface area contributed by atoms with Crippen molar-refractivity contribution < 1.29 is 137 Å². The van der Waals surface area contributed by atoms with Gasteiger partial charge in [0.05, 0.1) is 31.0 Å². The molecule has 4 aromatic rings. The molecule has 0 bridgehead atoms. The Kier molecular flexibility index (Phi) is 16.7. The predicted octanol–water partition coefficient (Wildman–Crippen LogP) is -4.17. The Labute approximate surface area is 345 Å². The number of benzene rings is 4. The second-order valence-corrected chi connectivity index (χ2v) is 13.1. The quantitative estimate of drug-likeness (QED) is 0.0284. The molecule has 0 aromatic heterocycles. The van der Waals surface area contributed by atoms with Gasteiger partial charge in [-0.05, 0) is 71.8 Å². The van der Waals surface area contributed by atoms with Crippen molar-refractivity contribution >= 4 is 70.9 Å². The van der Waals surface area contributed by atoms with Gasteiger partial charge in [-0.1, -0.05) is 17.0 Å². The summed E-state index contributed by atoms with van der Waals surface area (Å²) in [6.45, 7) is 0. The molecule has 0 aliphatic rings. The van der Waals surface area contributed by atoms with E-state index in [9.17, 15) is 54.2 Å². The van der Waals surface area contributed by atoms with Crippen LogP contribution in [0.2, 0.25) is 0 Å². The molecule has 0 radical (unpaired) electrons. The van der Waals surface area contributed by atoms with Crippen molar-refractivity contribution in [3.63, 3.8) is 0 Å². The molecule has 23 heteroatoms. The first kappa shape index (κ1) is 44.8. The summed E-state index contributed by atoms with van der Waals surface area (Å²) in [5.41, 5.74) is -1.04. The van der Waals surface area contributed by atoms with Crippen molar-refractivity contribution in [3.8, 4) is 0 Å². The first-order valence-corrected chi connectivity index (χ1v) is 16.4. The van der Waals surface area contributed by atoms with E-state index in [2.05, 4.69) is 15.3 Å². The molecule has 0 unspecified atom stereocenters. The minimum atomic E-state index is -5.21. The van der Waals surface area contributed by atoms with Gasteiger partial charge in [0.1, 0.15) is 36.0 Å². The van der Waals surface area contributed by atoms with Crippen LogP contribution in [0.5, 0.6) is 0 Å². The molecule has 17 nitrogen and oxygen atoms in total. The van der Waals surface area contributed by atoms with E-state index in [1.807, 2.05) is 0 Å². The van der Waals surface area contributed by atoms with E-state index in [-0.39, 0.29) is 122 Å². The van der Waals surface area contributed by atoms with E-state index < -0.39 is 55.7 Å². The smallest absolute Gasteiger partial charge is 0.744 e. The Morgan fingerprint density at radius 2 is 0.918 bits per heavy atom. The normalized spacial score (nSPS) is 12.2. The largest absolute Gasteiger partial charge is 1.00 e. The zero-order valence-electron chi connectivity index (χ0n) is 25.6. The maximum absolute atomic E-state index is 12.7. The number of non-ortho nitro benzene ring substituents is 1. The van der Waals surface area contributed by atoms with Crippen LogP contribution in [0.4, 0.5) is 28.4 Å². The van der Waals surface area contributed by atoms with Crippen LogP contribution in [-0.2, 0) is 30.4 Å². The summed E-state index contributed by atoms with van der Waals surface area (Å²) in [5, 5.41) is 35.3. The third kappa shape index (κ3) is 12.5. The van der Waals surface area contributed by atoms with E-state index in [0.717, 1.165) is 54.6 Å². The maximum Gasteiger partial charge on any atom is 1.00 e. The minimum Gasteiger partial charge on any atom is -0.744 e. The third-order valence-corrected chi connectivity index (χ3v) is 8.50. The topological polar surface area (TPSA) is 278 Å². The second kappa shape index (κ2) is 18.3. The molecule has 0 heterocycles. The van der Waals surface area contributed by atoms with Gasteiger partial charge in [0, 0.05) is 29.4 Å². The first-order chi connectivity index (χ1) is 21.4. The number of rotatable bonds is 10. The Balaban J connectivity index is 0.00000400. The summed E-state index contributed by atoms with van der Waals surface area (Å²) < 4.78 is 104. The molecular formula is C26H16N5Na3O12S3. The van der Waals surface area contributed by atoms with Gasteiger partial charge in [0.2, 0.25) is 5.69 Å². The van der Waals surface area contributed by atoms with Crippen molar-refractivity contribution in [2.45, 2.75) is 14.7 Å². The van der Waals surface area contributed by atoms with Crippen molar-refractivity contribution in [3.05, 3.63) is 111 Å². The Hall–Kier alpha value is -2.25. The van der Waals surface area contributed by atoms with E-state index in [4.69, 9.17) is 0 Å². The molecule has 0 saturated heterocycles. The van der Waals surface area contributed by atoms with E-state index in [1.165, 1.54) is 36.4 Å². The summed E-state index contributed by atoms with van der Waals surface area (Å²) in [6.07, 6.45) is 1.94. The van der Waals surface area contributed by atoms with Crippen LogP contribution in [0.3, 0.4) is 0 Å². The summed E-state index contributed by atoms with van der Waals surface area (Å²) in [5.74, 6) is 0. The van der Waals surface area contributed by atoms with Crippen molar-refractivity contribution in [1.29, 1.82) is 0 Å². The van der Waals surface area contributed by atoms with Crippen LogP contribution in [0.25, 0.3) is 12.2 Å². The molecule has 238 valence electrons. The molecule has 0 aliphatic carbocycles. The molecule has 0 atom stereocenters. The van der Waals surface area contributed by atoms with Gasteiger partial charge in [0.25, 0.3) is 5.69 Å². The van der Waals surface area contributed by atoms with Gasteiger partial charge >= 0.3 is 88.7 Å². The zero-order valence-corrected chi connectivity index (χ0v) is 34.0. The van der Waals surface area contributed by atoms with Crippen LogP contribution in [0.1, 0.15) is 11.1 Å². The first-order valence-electron chi connectivity index (χ1n) is 12.2. The molecule has 0 amide bonds. The average Bonchev–Trinajstić information content (AvgIpc) is 2.98. The van der Waals surface area contributed by atoms with Gasteiger partial charge < -0.3 is 18.9 Å². The fourth-order valence-electron chi connectivity index (χ4n) is 3.71. The van der Waals surface area contributed by atoms with Crippen LogP contribution in [0.15, 0.2) is 115 Å². The zero-order chi connectivity index (χ0) is 33.9. The number of hydrogen-bond donors (Lipinski definition) is 0. The number of hydrogen-bond acceptors (Lipinski definition) is 15. The number of azo groups is 2. The van der Waals surface area contributed by atoms with Gasteiger partial charge in [-0.25, -0.2) is 25.3 Å². The van der Waals surface area contributed by atoms with Crippen LogP contribution in [0, 0.1) is 15.3 Å². The monoisotopic (exact) mass is 755 g/mol. The molecular weight excluding hydrogens is 739 g/mol. The van der Waals surface area contributed by atoms with Crippen LogP contribution >= 0.6 is 0 Å². The number of nitro groups is 1. The average molecular weight is 756 g/mol. The maximum atomic E-state index is 12.7. The molecule has 0 N–H and O–H groups in total. The van der Waals surface area contributed by atoms with Gasteiger partial charge in [-0.2, -0.15) is 10.2 Å². The van der Waals surface area contributed by atoms with E-state index >= 15 is 0 Å². The molecule has 4 aromatic carbocycles. The standard InChI is InChI=1S/C26H19N5O12S3.3Na/c32-30(29-21-7-5-19(6-8-21)27-28-20-9-13-24(14-10-20)44(35,36)37)22-11-3-17(25(15-22)45(38,39)40)1-2-18-4-12-23(31(33)34)16-26(18)46(41,42)43;;;/h1-16H,(H,35,36,37)(H,38,39,40)(H,41,42,43);;;/q;3*+1/p-3/b2-1+,28-27?,30-29?;;;. The van der Waals surface area contributed by atoms with Gasteiger partial charge in [-0.15, -0.1) is 0 Å². The summed E-state index contributed by atoms with van der Waals surface area (Å²) in [4.78, 5) is 7.82. The minimum absolute atomic E-state index is 0. The van der Waals surface area contributed by atoms with Crippen LogP contribution in [-0.4, -0.2) is 48.7 Å². The van der Waals surface area contributed by atoms with Crippen molar-refractivity contribution in [2.75, 3.05) is 0 Å².